The molecule has 1 aliphatic heterocycles. The smallest absolute Gasteiger partial charge is 0.177 e. The number of dihydropyridines is 1. The average molecular weight is 428 g/mol. The zero-order chi connectivity index (χ0) is 22.1. The molecule has 6 heteroatoms. The van der Waals surface area contributed by atoms with Gasteiger partial charge in [0.1, 0.15) is 0 Å². The molecule has 0 bridgehead atoms. The van der Waals surface area contributed by atoms with Gasteiger partial charge in [0, 0.05) is 36.6 Å². The minimum absolute atomic E-state index is 0.0607. The van der Waals surface area contributed by atoms with Crippen molar-refractivity contribution in [3.05, 3.63) is 72.1 Å². The number of aromatic nitrogens is 4. The Bertz CT molecular complexity index is 1200. The highest BCUT2D eigenvalue weighted by Crippen LogP contribution is 2.46. The second-order valence-corrected chi connectivity index (χ2v) is 8.96. The van der Waals surface area contributed by atoms with Crippen LogP contribution >= 0.6 is 0 Å². The molecule has 0 N–H and O–H groups in total. The summed E-state index contributed by atoms with van der Waals surface area (Å²) in [5.41, 5.74) is 4.16. The van der Waals surface area contributed by atoms with Crippen LogP contribution in [-0.4, -0.2) is 45.3 Å². The van der Waals surface area contributed by atoms with E-state index in [0.29, 0.717) is 5.92 Å². The number of hydrogen-bond donors (Lipinski definition) is 0. The van der Waals surface area contributed by atoms with Crippen molar-refractivity contribution in [2.75, 3.05) is 7.11 Å². The molecule has 1 aromatic carbocycles. The summed E-state index contributed by atoms with van der Waals surface area (Å²) in [5, 5.41) is 13.5. The van der Waals surface area contributed by atoms with E-state index in [9.17, 15) is 0 Å². The summed E-state index contributed by atoms with van der Waals surface area (Å²) < 4.78 is 7.52. The third kappa shape index (κ3) is 3.58. The molecule has 6 nitrogen and oxygen atoms in total. The van der Waals surface area contributed by atoms with Gasteiger partial charge >= 0.3 is 0 Å². The van der Waals surface area contributed by atoms with E-state index in [0.717, 1.165) is 42.0 Å². The molecule has 2 aliphatic rings. The molecule has 32 heavy (non-hydrogen) atoms. The topological polar surface area (TPSA) is 64.7 Å². The van der Waals surface area contributed by atoms with Crippen molar-refractivity contribution < 1.29 is 4.74 Å². The Morgan fingerprint density at radius 1 is 1.06 bits per heavy atom. The maximum Gasteiger partial charge on any atom is 0.177 e. The molecule has 3 aromatic rings. The first kappa shape index (κ1) is 20.8. The van der Waals surface area contributed by atoms with E-state index in [-0.39, 0.29) is 17.6 Å². The Hall–Kier alpha value is -3.12. The number of nitrogens with zero attached hydrogens (tertiary/aromatic N) is 5. The van der Waals surface area contributed by atoms with Gasteiger partial charge in [0.2, 0.25) is 0 Å². The quantitative estimate of drug-likeness (QED) is 0.534. The van der Waals surface area contributed by atoms with Crippen LogP contribution in [0.15, 0.2) is 71.3 Å². The number of aliphatic imine (C=N–C) groups is 1. The van der Waals surface area contributed by atoms with Gasteiger partial charge in [-0.15, -0.1) is 10.2 Å². The molecule has 3 heterocycles. The molecule has 0 saturated carbocycles. The van der Waals surface area contributed by atoms with Gasteiger partial charge in [0.05, 0.1) is 17.8 Å². The Kier molecular flexibility index (Phi) is 5.47. The van der Waals surface area contributed by atoms with Crippen LogP contribution in [0.4, 0.5) is 0 Å². The van der Waals surface area contributed by atoms with Crippen molar-refractivity contribution >= 4 is 11.9 Å². The number of benzene rings is 1. The lowest BCUT2D eigenvalue weighted by molar-refractivity contribution is 0.0606. The van der Waals surface area contributed by atoms with Gasteiger partial charge in [0.25, 0.3) is 0 Å². The molecule has 2 aromatic heterocycles. The highest BCUT2D eigenvalue weighted by molar-refractivity contribution is 5.75. The van der Waals surface area contributed by atoms with E-state index in [4.69, 9.17) is 14.8 Å². The van der Waals surface area contributed by atoms with Crippen molar-refractivity contribution in [3.8, 4) is 11.3 Å². The summed E-state index contributed by atoms with van der Waals surface area (Å²) in [7, 11) is 1.78. The fraction of sp³-hybridized carbons (Fsp3) is 0.385. The van der Waals surface area contributed by atoms with Crippen molar-refractivity contribution in [1.29, 1.82) is 0 Å². The van der Waals surface area contributed by atoms with E-state index >= 15 is 0 Å². The molecule has 4 unspecified atom stereocenters. The van der Waals surface area contributed by atoms with Crippen LogP contribution in [-0.2, 0) is 11.2 Å². The lowest BCUT2D eigenvalue weighted by Gasteiger charge is -2.45. The van der Waals surface area contributed by atoms with Crippen LogP contribution in [0.2, 0.25) is 0 Å². The highest BCUT2D eigenvalue weighted by atomic mass is 16.5. The molecule has 164 valence electrons. The predicted octanol–water partition coefficient (Wildman–Crippen LogP) is 4.72. The second-order valence-electron chi connectivity index (χ2n) is 8.96. The van der Waals surface area contributed by atoms with E-state index in [1.54, 1.807) is 7.11 Å². The molecule has 0 spiro atoms. The Balaban J connectivity index is 1.32. The number of fused-ring (bicyclic) bond motifs is 2. The van der Waals surface area contributed by atoms with Gasteiger partial charge in [-0.05, 0) is 31.1 Å². The van der Waals surface area contributed by atoms with Gasteiger partial charge in [-0.3, -0.25) is 4.99 Å². The van der Waals surface area contributed by atoms with Crippen LogP contribution in [0.3, 0.4) is 0 Å². The first-order valence-electron chi connectivity index (χ1n) is 11.3. The number of methoxy groups -OCH3 is 1. The lowest BCUT2D eigenvalue weighted by atomic mass is 9.64. The molecular weight excluding hydrogens is 398 g/mol. The summed E-state index contributed by atoms with van der Waals surface area (Å²) in [6.45, 7) is 4.54. The number of ether oxygens (including phenoxy) is 1. The van der Waals surface area contributed by atoms with E-state index in [2.05, 4.69) is 54.4 Å². The largest absolute Gasteiger partial charge is 0.377 e. The van der Waals surface area contributed by atoms with Crippen molar-refractivity contribution in [2.45, 2.75) is 45.3 Å². The maximum absolute atomic E-state index is 5.64. The Morgan fingerprint density at radius 2 is 1.91 bits per heavy atom. The van der Waals surface area contributed by atoms with Crippen LogP contribution in [0.1, 0.15) is 32.5 Å². The molecule has 0 saturated heterocycles. The Labute approximate surface area is 188 Å². The fourth-order valence-corrected chi connectivity index (χ4v) is 5.12. The van der Waals surface area contributed by atoms with Crippen molar-refractivity contribution in [3.63, 3.8) is 0 Å². The van der Waals surface area contributed by atoms with Gasteiger partial charge in [-0.2, -0.15) is 9.61 Å². The summed E-state index contributed by atoms with van der Waals surface area (Å²) in [5.74, 6) is 1.24. The SMILES string of the molecule is COC1C=CC2(C)C(CCCc3nnc4ccc(-c5ccccc5)nn34)=CC=NC2C1C. The van der Waals surface area contributed by atoms with Crippen LogP contribution < -0.4 is 0 Å². The number of hydrogen-bond acceptors (Lipinski definition) is 5. The van der Waals surface area contributed by atoms with E-state index < -0.39 is 0 Å². The van der Waals surface area contributed by atoms with Gasteiger partial charge in [0.15, 0.2) is 11.5 Å². The van der Waals surface area contributed by atoms with Gasteiger partial charge in [-0.1, -0.05) is 61.9 Å². The number of rotatable bonds is 6. The molecule has 0 fully saturated rings. The van der Waals surface area contributed by atoms with Crippen LogP contribution in [0.5, 0.6) is 0 Å². The first-order valence-corrected chi connectivity index (χ1v) is 11.3. The minimum atomic E-state index is -0.0607. The van der Waals surface area contributed by atoms with Crippen molar-refractivity contribution in [2.24, 2.45) is 16.3 Å². The fourth-order valence-electron chi connectivity index (χ4n) is 5.12. The lowest BCUT2D eigenvalue weighted by Crippen LogP contribution is -2.45. The molecule has 5 rings (SSSR count). The highest BCUT2D eigenvalue weighted by Gasteiger charge is 2.44. The maximum atomic E-state index is 5.64. The van der Waals surface area contributed by atoms with Gasteiger partial charge in [-0.25, -0.2) is 0 Å². The first-order chi connectivity index (χ1) is 15.6. The van der Waals surface area contributed by atoms with E-state index in [1.165, 1.54) is 5.57 Å². The third-order valence-electron chi connectivity index (χ3n) is 6.99. The second kappa shape index (κ2) is 8.43. The molecule has 1 aliphatic carbocycles. The minimum Gasteiger partial charge on any atom is -0.377 e. The predicted molar refractivity (Wildman–Crippen MR) is 127 cm³/mol. The van der Waals surface area contributed by atoms with Crippen molar-refractivity contribution in [1.82, 2.24) is 19.8 Å². The number of aryl methyl sites for hydroxylation is 1. The standard InChI is InChI=1S/C26H29N5O/c1-18-22(32-3)14-16-26(2)20(15-17-27-25(18)26)10-7-11-23-28-29-24-13-12-21(30-31(23)24)19-8-5-4-6-9-19/h4-6,8-9,12-18,22,25H,7,10-11H2,1-3H3. The van der Waals surface area contributed by atoms with Gasteiger partial charge < -0.3 is 4.74 Å². The molecule has 0 radical (unpaired) electrons. The summed E-state index contributed by atoms with van der Waals surface area (Å²) in [6, 6.07) is 14.4. The monoisotopic (exact) mass is 427 g/mol. The third-order valence-corrected chi connectivity index (χ3v) is 6.99. The zero-order valence-electron chi connectivity index (χ0n) is 18.8. The van der Waals surface area contributed by atoms with Crippen LogP contribution in [0.25, 0.3) is 16.9 Å². The average Bonchev–Trinajstić information content (AvgIpc) is 3.23. The summed E-state index contributed by atoms with van der Waals surface area (Å²) in [4.78, 5) is 4.82. The summed E-state index contributed by atoms with van der Waals surface area (Å²) in [6.07, 6.45) is 11.6. The molecule has 0 amide bonds. The normalized spacial score (nSPS) is 26.8. The Morgan fingerprint density at radius 3 is 2.72 bits per heavy atom. The summed E-state index contributed by atoms with van der Waals surface area (Å²) >= 11 is 0. The van der Waals surface area contributed by atoms with E-state index in [1.807, 2.05) is 41.1 Å². The zero-order valence-corrected chi connectivity index (χ0v) is 18.8. The van der Waals surface area contributed by atoms with Crippen LogP contribution in [0, 0.1) is 11.3 Å². The molecular formula is C26H29N5O. The number of allylic oxidation sites excluding steroid dienone is 1. The molecule has 4 atom stereocenters.